The average molecular weight is 471 g/mol. The Labute approximate surface area is 195 Å². The maximum absolute atomic E-state index is 13.8. The van der Waals surface area contributed by atoms with Crippen LogP contribution in [0.1, 0.15) is 49.7 Å². The smallest absolute Gasteiger partial charge is 0.246 e. The topological polar surface area (TPSA) is 92.8 Å². The molecule has 0 atom stereocenters. The molecule has 33 heavy (non-hydrogen) atoms. The highest BCUT2D eigenvalue weighted by Gasteiger charge is 2.53. The van der Waals surface area contributed by atoms with Gasteiger partial charge in [-0.25, -0.2) is 8.42 Å². The van der Waals surface area contributed by atoms with Crippen LogP contribution in [0.2, 0.25) is 0 Å². The third-order valence-corrected chi connectivity index (χ3v) is 9.42. The molecule has 1 N–H and O–H groups in total. The van der Waals surface area contributed by atoms with Gasteiger partial charge in [-0.15, -0.1) is 0 Å². The molecule has 0 aromatic heterocycles. The minimum Gasteiger partial charge on any atom is -0.494 e. The van der Waals surface area contributed by atoms with Crippen molar-refractivity contribution >= 4 is 33.0 Å². The van der Waals surface area contributed by atoms with Crippen molar-refractivity contribution in [1.82, 2.24) is 0 Å². The zero-order valence-electron chi connectivity index (χ0n) is 19.3. The highest BCUT2D eigenvalue weighted by Crippen LogP contribution is 2.43. The summed E-state index contributed by atoms with van der Waals surface area (Å²) in [7, 11) is -2.40. The van der Waals surface area contributed by atoms with E-state index in [9.17, 15) is 18.0 Å². The van der Waals surface area contributed by atoms with Crippen LogP contribution in [0.25, 0.3) is 0 Å². The van der Waals surface area contributed by atoms with E-state index in [2.05, 4.69) is 5.32 Å². The third kappa shape index (κ3) is 4.01. The van der Waals surface area contributed by atoms with Gasteiger partial charge in [0.25, 0.3) is 0 Å². The van der Waals surface area contributed by atoms with Gasteiger partial charge < -0.3 is 15.0 Å². The Hall–Kier alpha value is -2.87. The number of aryl methyl sites for hydroxylation is 2. The van der Waals surface area contributed by atoms with E-state index < -0.39 is 20.5 Å². The number of methoxy groups -OCH3 is 1. The van der Waals surface area contributed by atoms with E-state index in [1.165, 1.54) is 7.11 Å². The van der Waals surface area contributed by atoms with Crippen molar-refractivity contribution in [2.75, 3.05) is 23.9 Å². The molecule has 1 saturated carbocycles. The number of benzene rings is 2. The normalized spacial score (nSPS) is 17.9. The highest BCUT2D eigenvalue weighted by molar-refractivity contribution is 7.93. The van der Waals surface area contributed by atoms with Crippen molar-refractivity contribution in [3.63, 3.8) is 0 Å². The summed E-state index contributed by atoms with van der Waals surface area (Å²) in [4.78, 5) is 27.6. The Balaban J connectivity index is 1.67. The summed E-state index contributed by atoms with van der Waals surface area (Å²) in [5, 5.41) is 2.84. The van der Waals surface area contributed by atoms with Crippen LogP contribution in [0.15, 0.2) is 41.3 Å². The molecule has 2 aromatic rings. The van der Waals surface area contributed by atoms with Crippen LogP contribution < -0.4 is 15.0 Å². The van der Waals surface area contributed by atoms with Gasteiger partial charge in [0.05, 0.1) is 17.7 Å². The molecule has 1 aliphatic heterocycles. The third-order valence-electron chi connectivity index (χ3n) is 6.77. The maximum atomic E-state index is 13.8. The predicted molar refractivity (Wildman–Crippen MR) is 128 cm³/mol. The van der Waals surface area contributed by atoms with Gasteiger partial charge in [-0.05, 0) is 62.4 Å². The highest BCUT2D eigenvalue weighted by atomic mass is 32.2. The lowest BCUT2D eigenvalue weighted by atomic mass is 10.1. The van der Waals surface area contributed by atoms with Crippen LogP contribution in [0, 0.1) is 13.8 Å². The molecule has 0 bridgehead atoms. The molecule has 2 fully saturated rings. The fourth-order valence-electron chi connectivity index (χ4n) is 4.90. The van der Waals surface area contributed by atoms with Gasteiger partial charge in [0, 0.05) is 24.7 Å². The molecule has 2 amide bonds. The number of ether oxygens (including phenoxy) is 1. The molecule has 176 valence electrons. The summed E-state index contributed by atoms with van der Waals surface area (Å²) >= 11 is 0. The molecule has 0 unspecified atom stereocenters. The number of amides is 2. The monoisotopic (exact) mass is 470 g/mol. The van der Waals surface area contributed by atoms with Gasteiger partial charge in [-0.2, -0.15) is 0 Å². The van der Waals surface area contributed by atoms with Crippen LogP contribution in [0.3, 0.4) is 0 Å². The van der Waals surface area contributed by atoms with Gasteiger partial charge in [0.15, 0.2) is 14.6 Å². The zero-order valence-corrected chi connectivity index (χ0v) is 20.1. The minimum absolute atomic E-state index is 0.0367. The van der Waals surface area contributed by atoms with E-state index >= 15 is 0 Å². The van der Waals surface area contributed by atoms with Crippen molar-refractivity contribution < 1.29 is 22.7 Å². The quantitative estimate of drug-likeness (QED) is 0.684. The lowest BCUT2D eigenvalue weighted by Gasteiger charge is -2.29. The minimum atomic E-state index is -3.91. The number of hydrogen-bond donors (Lipinski definition) is 1. The average Bonchev–Trinajstić information content (AvgIpc) is 3.45. The van der Waals surface area contributed by atoms with Gasteiger partial charge in [0.1, 0.15) is 5.75 Å². The number of hydrogen-bond acceptors (Lipinski definition) is 5. The van der Waals surface area contributed by atoms with Crippen molar-refractivity contribution in [1.29, 1.82) is 0 Å². The standard InChI is InChI=1S/C25H30N2O5S/c1-17-8-9-18(2)22(15-17)33(30,31)25(12-4-5-13-25)24(29)26-19-10-11-20(21(16-19)32-3)27-14-6-7-23(27)28/h8-11,15-16H,4-7,12-14H2,1-3H3,(H,26,29). The largest absolute Gasteiger partial charge is 0.494 e. The number of rotatable bonds is 6. The number of nitrogens with zero attached hydrogens (tertiary/aromatic N) is 1. The molecular weight excluding hydrogens is 440 g/mol. The number of carbonyl (C=O) groups excluding carboxylic acids is 2. The van der Waals surface area contributed by atoms with Gasteiger partial charge >= 0.3 is 0 Å². The SMILES string of the molecule is COc1cc(NC(=O)C2(S(=O)(=O)c3cc(C)ccc3C)CCCC2)ccc1N1CCCC1=O. The van der Waals surface area contributed by atoms with Crippen molar-refractivity contribution in [3.05, 3.63) is 47.5 Å². The predicted octanol–water partition coefficient (Wildman–Crippen LogP) is 4.16. The van der Waals surface area contributed by atoms with Crippen LogP contribution in [-0.4, -0.2) is 38.6 Å². The van der Waals surface area contributed by atoms with E-state index in [1.54, 1.807) is 42.2 Å². The molecular formula is C25H30N2O5S. The summed E-state index contributed by atoms with van der Waals surface area (Å²) in [6, 6.07) is 10.4. The first kappa shape index (κ1) is 23.3. The van der Waals surface area contributed by atoms with E-state index in [1.807, 2.05) is 13.0 Å². The van der Waals surface area contributed by atoms with Crippen molar-refractivity contribution in [3.8, 4) is 5.75 Å². The Morgan fingerprint density at radius 3 is 2.42 bits per heavy atom. The maximum Gasteiger partial charge on any atom is 0.246 e. The molecule has 8 heteroatoms. The molecule has 1 saturated heterocycles. The lowest BCUT2D eigenvalue weighted by Crippen LogP contribution is -2.47. The Morgan fingerprint density at radius 1 is 1.06 bits per heavy atom. The molecule has 7 nitrogen and oxygen atoms in total. The molecule has 0 spiro atoms. The molecule has 1 aliphatic carbocycles. The molecule has 0 radical (unpaired) electrons. The van der Waals surface area contributed by atoms with E-state index in [0.29, 0.717) is 48.5 Å². The van der Waals surface area contributed by atoms with Crippen LogP contribution in [0.4, 0.5) is 11.4 Å². The van der Waals surface area contributed by atoms with E-state index in [4.69, 9.17) is 4.74 Å². The Morgan fingerprint density at radius 2 is 1.79 bits per heavy atom. The Bertz CT molecular complexity index is 1200. The first-order valence-electron chi connectivity index (χ1n) is 11.3. The van der Waals surface area contributed by atoms with Crippen molar-refractivity contribution in [2.45, 2.75) is 62.0 Å². The van der Waals surface area contributed by atoms with Crippen molar-refractivity contribution in [2.24, 2.45) is 0 Å². The summed E-state index contributed by atoms with van der Waals surface area (Å²) in [6.07, 6.45) is 3.21. The fourth-order valence-corrected chi connectivity index (χ4v) is 7.27. The summed E-state index contributed by atoms with van der Waals surface area (Å²) < 4.78 is 31.6. The summed E-state index contributed by atoms with van der Waals surface area (Å²) in [5.74, 6) is -0.0246. The number of anilines is 2. The molecule has 2 aliphatic rings. The first-order chi connectivity index (χ1) is 15.7. The van der Waals surface area contributed by atoms with Crippen LogP contribution in [0.5, 0.6) is 5.75 Å². The molecule has 1 heterocycles. The number of nitrogens with one attached hydrogen (secondary N) is 1. The lowest BCUT2D eigenvalue weighted by molar-refractivity contribution is -0.118. The summed E-state index contributed by atoms with van der Waals surface area (Å²) in [6.45, 7) is 4.23. The second-order valence-electron chi connectivity index (χ2n) is 8.96. The van der Waals surface area contributed by atoms with Gasteiger partial charge in [-0.3, -0.25) is 9.59 Å². The Kier molecular flexibility index (Phi) is 6.22. The molecule has 2 aromatic carbocycles. The van der Waals surface area contributed by atoms with E-state index in [-0.39, 0.29) is 23.6 Å². The second kappa shape index (κ2) is 8.82. The van der Waals surface area contributed by atoms with E-state index in [0.717, 1.165) is 12.0 Å². The van der Waals surface area contributed by atoms with Gasteiger partial charge in [0.2, 0.25) is 11.8 Å². The molecule has 4 rings (SSSR count). The first-order valence-corrected chi connectivity index (χ1v) is 12.8. The van der Waals surface area contributed by atoms with Crippen LogP contribution >= 0.6 is 0 Å². The number of carbonyl (C=O) groups is 2. The second-order valence-corrected chi connectivity index (χ2v) is 11.2. The zero-order chi connectivity index (χ0) is 23.8. The fraction of sp³-hybridized carbons (Fsp3) is 0.440. The number of sulfone groups is 1. The summed E-state index contributed by atoms with van der Waals surface area (Å²) in [5.41, 5.74) is 2.57. The van der Waals surface area contributed by atoms with Gasteiger partial charge in [-0.1, -0.05) is 25.0 Å². The van der Waals surface area contributed by atoms with Crippen LogP contribution in [-0.2, 0) is 19.4 Å².